The molecule has 0 atom stereocenters. The molecule has 2 aromatic heterocycles. The third-order valence-corrected chi connectivity index (χ3v) is 17.5. The lowest BCUT2D eigenvalue weighted by Crippen LogP contribution is -2.02. The van der Waals surface area contributed by atoms with E-state index in [2.05, 4.69) is 89.9 Å². The van der Waals surface area contributed by atoms with Gasteiger partial charge < -0.3 is 0 Å². The molecule has 6 nitrogen and oxygen atoms in total. The molecule has 0 saturated heterocycles. The van der Waals surface area contributed by atoms with E-state index in [-0.39, 0.29) is 93.1 Å². The predicted molar refractivity (Wildman–Crippen MR) is 415 cm³/mol. The summed E-state index contributed by atoms with van der Waals surface area (Å²) in [5, 5.41) is 5.92. The first kappa shape index (κ1) is 45.1. The third-order valence-electron chi connectivity index (χ3n) is 17.5. The Morgan fingerprint density at radius 2 is 0.490 bits per heavy atom. The molecule has 0 aliphatic heterocycles. The summed E-state index contributed by atoms with van der Waals surface area (Å²) in [6.07, 6.45) is 0. The van der Waals surface area contributed by atoms with Gasteiger partial charge in [0.2, 0.25) is 0 Å². The largest absolute Gasteiger partial charge is 0.208 e. The Morgan fingerprint density at radius 3 is 1.02 bits per heavy atom. The van der Waals surface area contributed by atoms with Crippen LogP contribution < -0.4 is 0 Å². The van der Waals surface area contributed by atoms with Crippen LogP contribution in [0.3, 0.4) is 0 Å². The number of aromatic nitrogens is 6. The Bertz CT molecular complexity index is 7030. The SMILES string of the molecule is [2H]c1c([2H])c([2H])c(-c2nc(-c3ccccc3)nc(-c3ccccc3-c3ccc4cc(-c5c([2H])c([2H])c6c([2H])c([2H])c([2H])c([2H])c6c5[2H])ccc4c3)n2)c([2H])c1[2H].[2H]c1c([2H])c([2H])c(-c2nc(-c3ccccc3-c3ccccc3)nc(-c3ccccc3-c3ccc4cc(-c5ccc6ccccc6c5)ccc4c3)n2)c(-c2ccccc2)c1[2H]. The van der Waals surface area contributed by atoms with Crippen molar-refractivity contribution in [3.63, 3.8) is 0 Å². The molecule has 0 radical (unpaired) electrons. The van der Waals surface area contributed by atoms with Crippen molar-refractivity contribution in [1.29, 1.82) is 0 Å². The van der Waals surface area contributed by atoms with E-state index in [4.69, 9.17) is 45.5 Å². The van der Waals surface area contributed by atoms with Crippen LogP contribution in [0.5, 0.6) is 0 Å². The minimum atomic E-state index is -0.524. The van der Waals surface area contributed by atoms with Gasteiger partial charge in [-0.15, -0.1) is 0 Å². The topological polar surface area (TPSA) is 77.3 Å². The van der Waals surface area contributed by atoms with Crippen molar-refractivity contribution in [2.24, 2.45) is 0 Å². The first-order chi connectivity index (χ1) is 56.2. The van der Waals surface area contributed by atoms with Gasteiger partial charge in [0.15, 0.2) is 34.9 Å². The van der Waals surface area contributed by atoms with E-state index in [1.54, 1.807) is 12.1 Å². The van der Waals surface area contributed by atoms with Crippen molar-refractivity contribution >= 4 is 43.1 Å². The van der Waals surface area contributed by atoms with Crippen LogP contribution in [0.4, 0.5) is 0 Å². The summed E-state index contributed by atoms with van der Waals surface area (Å²) in [5.74, 6) is 1.31. The van der Waals surface area contributed by atoms with Gasteiger partial charge in [-0.05, 0) is 146 Å². The third kappa shape index (κ3) is 12.4. The smallest absolute Gasteiger partial charge is 0.164 e. The van der Waals surface area contributed by atoms with Crippen LogP contribution in [-0.4, -0.2) is 29.9 Å². The summed E-state index contributed by atoms with van der Waals surface area (Å²) < 4.78 is 137. The highest BCUT2D eigenvalue weighted by Crippen LogP contribution is 2.41. The number of nitrogens with zero attached hydrogens (tertiary/aromatic N) is 6. The molecule has 18 aromatic rings. The molecule has 0 aliphatic carbocycles. The Morgan fingerprint density at radius 1 is 0.160 bits per heavy atom. The van der Waals surface area contributed by atoms with Crippen LogP contribution in [0.15, 0.2) is 376 Å². The zero-order valence-corrected chi connectivity index (χ0v) is 53.2. The molecule has 0 spiro atoms. The zero-order valence-electron chi connectivity index (χ0n) is 69.2. The second-order valence-corrected chi connectivity index (χ2v) is 23.7. The zero-order chi connectivity index (χ0) is 80.5. The van der Waals surface area contributed by atoms with Crippen molar-refractivity contribution in [3.8, 4) is 135 Å². The second-order valence-electron chi connectivity index (χ2n) is 23.7. The minimum absolute atomic E-state index is 0.0747. The monoisotopic (exact) mass is 1290 g/mol. The van der Waals surface area contributed by atoms with E-state index in [1.165, 1.54) is 16.3 Å². The molecule has 2 heterocycles. The fourth-order valence-electron chi connectivity index (χ4n) is 12.6. The molecule has 0 unspecified atom stereocenters. The highest BCUT2D eigenvalue weighted by Gasteiger charge is 2.21. The first-order valence-electron chi connectivity index (χ1n) is 40.4. The summed E-state index contributed by atoms with van der Waals surface area (Å²) in [4.78, 5) is 29.5. The van der Waals surface area contributed by atoms with Crippen LogP contribution in [0, 0.1) is 0 Å². The average molecular weight is 1290 g/mol. The lowest BCUT2D eigenvalue weighted by Gasteiger charge is -2.15. The Hall–Kier alpha value is -13.4. The van der Waals surface area contributed by atoms with Gasteiger partial charge in [-0.3, -0.25) is 0 Å². The number of fused-ring (bicyclic) bond motifs is 4. The van der Waals surface area contributed by atoms with Crippen molar-refractivity contribution < 1.29 is 21.9 Å². The number of hydrogen-bond acceptors (Lipinski definition) is 6. The lowest BCUT2D eigenvalue weighted by atomic mass is 9.94. The quantitative estimate of drug-likeness (QED) is 0.121. The molecular weight excluding hydrogens is 1210 g/mol. The summed E-state index contributed by atoms with van der Waals surface area (Å²) in [7, 11) is 0. The molecule has 0 N–H and O–H groups in total. The molecule has 6 heteroatoms. The number of hydrogen-bond donors (Lipinski definition) is 0. The van der Waals surface area contributed by atoms with E-state index in [0.29, 0.717) is 39.5 Å². The second kappa shape index (κ2) is 27.0. The van der Waals surface area contributed by atoms with Gasteiger partial charge in [-0.1, -0.05) is 339 Å². The van der Waals surface area contributed by atoms with Crippen LogP contribution in [0.25, 0.3) is 178 Å². The van der Waals surface area contributed by atoms with Crippen LogP contribution in [0.1, 0.15) is 21.9 Å². The van der Waals surface area contributed by atoms with Gasteiger partial charge in [-0.2, -0.15) is 0 Å². The van der Waals surface area contributed by atoms with Crippen molar-refractivity contribution in [2.75, 3.05) is 0 Å². The molecule has 100 heavy (non-hydrogen) atoms. The standard InChI is InChI=1S/C53H35N3.C41H27N3/c1-3-16-37(17-4-1)45-21-9-12-24-48(45)51-54-52(49-25-13-10-22-46(49)38-18-5-2-6-19-38)56-53(55-51)50-26-14-11-23-47(50)44-32-31-42-34-41(29-30-43(42)35-44)40-28-27-36-15-7-8-20-39(36)33-40;1-3-12-29(13-4-1)39-42-40(30-14-5-2-6-15-30)44-41(43-39)38-18-10-9-17-37(38)36-24-23-34-26-33(21-22-35(34)27-36)32-20-19-28-11-7-8-16-31(28)25-32/h1-35H;1-27H/i9D,12D,21D,24D;1D,3D,4D,7D,8D,11D,12D,13D,16D,19D,20D,25D. The summed E-state index contributed by atoms with van der Waals surface area (Å²) in [6.45, 7) is 0. The highest BCUT2D eigenvalue weighted by atomic mass is 15.0. The lowest BCUT2D eigenvalue weighted by molar-refractivity contribution is 1.07. The van der Waals surface area contributed by atoms with Crippen molar-refractivity contribution in [1.82, 2.24) is 29.9 Å². The molecular formula is C94H62N6. The molecule has 0 fully saturated rings. The maximum atomic E-state index is 9.26. The van der Waals surface area contributed by atoms with Crippen LogP contribution >= 0.6 is 0 Å². The van der Waals surface area contributed by atoms with Gasteiger partial charge in [0.05, 0.1) is 21.9 Å². The van der Waals surface area contributed by atoms with Gasteiger partial charge in [0.1, 0.15) is 0 Å². The van der Waals surface area contributed by atoms with Gasteiger partial charge in [0, 0.05) is 33.4 Å². The van der Waals surface area contributed by atoms with E-state index in [0.717, 1.165) is 71.6 Å². The molecule has 0 aliphatic rings. The van der Waals surface area contributed by atoms with E-state index >= 15 is 0 Å². The maximum Gasteiger partial charge on any atom is 0.164 e. The predicted octanol–water partition coefficient (Wildman–Crippen LogP) is 24.4. The summed E-state index contributed by atoms with van der Waals surface area (Å²) in [5.41, 5.74) is 11.9. The van der Waals surface area contributed by atoms with Crippen LogP contribution in [-0.2, 0) is 0 Å². The Kier molecular flexibility index (Phi) is 12.2. The maximum absolute atomic E-state index is 9.26. The summed E-state index contributed by atoms with van der Waals surface area (Å²) >= 11 is 0. The molecule has 0 saturated carbocycles. The first-order valence-corrected chi connectivity index (χ1v) is 32.4. The number of benzene rings is 16. The normalized spacial score (nSPS) is 13.4. The van der Waals surface area contributed by atoms with Gasteiger partial charge in [0.25, 0.3) is 0 Å². The van der Waals surface area contributed by atoms with Crippen molar-refractivity contribution in [2.45, 2.75) is 0 Å². The fraction of sp³-hybridized carbons (Fsp3) is 0. The van der Waals surface area contributed by atoms with E-state index in [9.17, 15) is 1.37 Å². The highest BCUT2D eigenvalue weighted by molar-refractivity contribution is 5.97. The van der Waals surface area contributed by atoms with E-state index < -0.39 is 54.4 Å². The molecule has 0 bridgehead atoms. The number of rotatable bonds is 12. The van der Waals surface area contributed by atoms with Crippen LogP contribution in [0.2, 0.25) is 0 Å². The van der Waals surface area contributed by atoms with E-state index in [1.807, 2.05) is 182 Å². The average Bonchev–Trinajstić information content (AvgIpc) is 0.738. The molecule has 18 rings (SSSR count). The summed E-state index contributed by atoms with van der Waals surface area (Å²) in [6, 6.07) is 84.5. The minimum Gasteiger partial charge on any atom is -0.208 e. The molecule has 16 aromatic carbocycles. The Labute approximate surface area is 603 Å². The fourth-order valence-corrected chi connectivity index (χ4v) is 12.6. The molecule has 468 valence electrons. The van der Waals surface area contributed by atoms with Gasteiger partial charge >= 0.3 is 0 Å². The van der Waals surface area contributed by atoms with Gasteiger partial charge in [-0.25, -0.2) is 29.9 Å². The Balaban J connectivity index is 0.000000167. The van der Waals surface area contributed by atoms with Crippen molar-refractivity contribution in [3.05, 3.63) is 376 Å². The molecule has 0 amide bonds.